The highest BCUT2D eigenvalue weighted by Crippen LogP contribution is 2.34. The van der Waals surface area contributed by atoms with Crippen molar-refractivity contribution in [1.82, 2.24) is 0 Å². The fraction of sp³-hybridized carbons (Fsp3) is 0.400. The molecular weight excluding hydrogens is 203 g/mol. The second kappa shape index (κ2) is 4.66. The summed E-state index contributed by atoms with van der Waals surface area (Å²) in [5, 5.41) is 9.30. The molecule has 14 heavy (non-hydrogen) atoms. The molecule has 0 fully saturated rings. The lowest BCUT2D eigenvalue weighted by Crippen LogP contribution is -1.99. The Hall–Kier alpha value is -0.740. The van der Waals surface area contributed by atoms with E-state index < -0.39 is 11.9 Å². The predicted molar refractivity (Wildman–Crippen MR) is 55.4 cm³/mol. The summed E-state index contributed by atoms with van der Waals surface area (Å²) >= 11 is 1.27. The Morgan fingerprint density at radius 2 is 2.14 bits per heavy atom. The maximum absolute atomic E-state index is 13.7. The van der Waals surface area contributed by atoms with E-state index in [0.717, 1.165) is 0 Å². The summed E-state index contributed by atoms with van der Waals surface area (Å²) in [6.07, 6.45) is 0.971. The van der Waals surface area contributed by atoms with Crippen molar-refractivity contribution in [2.24, 2.45) is 0 Å². The van der Waals surface area contributed by atoms with Crippen LogP contribution in [-0.2, 0) is 0 Å². The number of hydrogen-bond acceptors (Lipinski definition) is 3. The lowest BCUT2D eigenvalue weighted by Gasteiger charge is -2.12. The van der Waals surface area contributed by atoms with Gasteiger partial charge in [-0.2, -0.15) is 0 Å². The van der Waals surface area contributed by atoms with E-state index in [1.165, 1.54) is 25.8 Å². The molecule has 1 aromatic carbocycles. The molecule has 1 rings (SSSR count). The summed E-state index contributed by atoms with van der Waals surface area (Å²) < 4.78 is 18.7. The highest BCUT2D eigenvalue weighted by atomic mass is 32.2. The lowest BCUT2D eigenvalue weighted by atomic mass is 10.1. The van der Waals surface area contributed by atoms with E-state index in [0.29, 0.717) is 16.2 Å². The van der Waals surface area contributed by atoms with Gasteiger partial charge in [0.15, 0.2) is 0 Å². The Balaban J connectivity index is 3.27. The number of benzene rings is 1. The van der Waals surface area contributed by atoms with Crippen LogP contribution in [0.15, 0.2) is 17.0 Å². The van der Waals surface area contributed by atoms with Gasteiger partial charge in [0.05, 0.1) is 18.1 Å². The third kappa shape index (κ3) is 2.01. The molecule has 0 heterocycles. The molecule has 0 radical (unpaired) electrons. The quantitative estimate of drug-likeness (QED) is 0.787. The molecule has 4 heteroatoms. The van der Waals surface area contributed by atoms with Gasteiger partial charge >= 0.3 is 0 Å². The molecule has 2 nitrogen and oxygen atoms in total. The van der Waals surface area contributed by atoms with Gasteiger partial charge in [-0.3, -0.25) is 0 Å². The van der Waals surface area contributed by atoms with Crippen LogP contribution in [0.5, 0.6) is 5.75 Å². The summed E-state index contributed by atoms with van der Waals surface area (Å²) in [4.78, 5) is 0.436. The van der Waals surface area contributed by atoms with E-state index in [-0.39, 0.29) is 0 Å². The fourth-order valence-electron chi connectivity index (χ4n) is 1.23. The molecule has 0 aromatic heterocycles. The maximum atomic E-state index is 13.7. The summed E-state index contributed by atoms with van der Waals surface area (Å²) in [5.74, 6) is 0.103. The van der Waals surface area contributed by atoms with E-state index in [4.69, 9.17) is 4.74 Å². The first kappa shape index (κ1) is 11.3. The minimum atomic E-state index is -0.799. The molecule has 1 N–H and O–H groups in total. The molecule has 0 aliphatic heterocycles. The Kier molecular flexibility index (Phi) is 3.77. The molecule has 0 amide bonds. The second-order valence-corrected chi connectivity index (χ2v) is 3.70. The fourth-order valence-corrected chi connectivity index (χ4v) is 1.88. The summed E-state index contributed by atoms with van der Waals surface area (Å²) in [5.41, 5.74) is 0.301. The first-order valence-corrected chi connectivity index (χ1v) is 5.42. The van der Waals surface area contributed by atoms with Crippen molar-refractivity contribution in [2.45, 2.75) is 17.9 Å². The minimum Gasteiger partial charge on any atom is -0.495 e. The topological polar surface area (TPSA) is 29.5 Å². The molecule has 0 aliphatic carbocycles. The average Bonchev–Trinajstić information content (AvgIpc) is 2.16. The number of methoxy groups -OCH3 is 1. The standard InChI is InChI=1S/C10H13FO2S/c1-6(12)7-4-5-8(13-2)10(14-3)9(7)11/h4-6,12H,1-3H3. The van der Waals surface area contributed by atoms with Crippen LogP contribution in [-0.4, -0.2) is 18.5 Å². The zero-order valence-electron chi connectivity index (χ0n) is 8.37. The molecule has 0 bridgehead atoms. The van der Waals surface area contributed by atoms with E-state index in [2.05, 4.69) is 0 Å². The molecule has 1 aromatic rings. The molecule has 78 valence electrons. The molecule has 0 spiro atoms. The van der Waals surface area contributed by atoms with E-state index >= 15 is 0 Å². The summed E-state index contributed by atoms with van der Waals surface area (Å²) in [7, 11) is 1.50. The molecule has 0 aliphatic rings. The molecule has 1 atom stereocenters. The van der Waals surface area contributed by atoms with Gasteiger partial charge in [-0.1, -0.05) is 0 Å². The smallest absolute Gasteiger partial charge is 0.146 e. The van der Waals surface area contributed by atoms with Crippen molar-refractivity contribution >= 4 is 11.8 Å². The van der Waals surface area contributed by atoms with Gasteiger partial charge in [0, 0.05) is 5.56 Å². The number of aliphatic hydroxyl groups excluding tert-OH is 1. The van der Waals surface area contributed by atoms with Gasteiger partial charge in [0.1, 0.15) is 11.6 Å². The maximum Gasteiger partial charge on any atom is 0.146 e. The van der Waals surface area contributed by atoms with Gasteiger partial charge in [0.2, 0.25) is 0 Å². The van der Waals surface area contributed by atoms with Crippen LogP contribution in [0, 0.1) is 5.82 Å². The van der Waals surface area contributed by atoms with Crippen molar-refractivity contribution in [1.29, 1.82) is 0 Å². The van der Waals surface area contributed by atoms with Gasteiger partial charge < -0.3 is 9.84 Å². The Morgan fingerprint density at radius 1 is 1.50 bits per heavy atom. The normalized spacial score (nSPS) is 12.6. The summed E-state index contributed by atoms with van der Waals surface area (Å²) in [6.45, 7) is 1.54. The lowest BCUT2D eigenvalue weighted by molar-refractivity contribution is 0.193. The van der Waals surface area contributed by atoms with Gasteiger partial charge in [-0.15, -0.1) is 11.8 Å². The zero-order chi connectivity index (χ0) is 10.7. The van der Waals surface area contributed by atoms with Gasteiger partial charge in [0.25, 0.3) is 0 Å². The number of hydrogen-bond donors (Lipinski definition) is 1. The molecule has 0 saturated carbocycles. The second-order valence-electron chi connectivity index (χ2n) is 2.88. The van der Waals surface area contributed by atoms with Crippen LogP contribution in [0.3, 0.4) is 0 Å². The highest BCUT2D eigenvalue weighted by molar-refractivity contribution is 7.98. The van der Waals surface area contributed by atoms with Crippen molar-refractivity contribution < 1.29 is 14.2 Å². The third-order valence-electron chi connectivity index (χ3n) is 1.96. The van der Waals surface area contributed by atoms with E-state index in [1.807, 2.05) is 0 Å². The van der Waals surface area contributed by atoms with Crippen LogP contribution < -0.4 is 4.74 Å². The van der Waals surface area contributed by atoms with Crippen molar-refractivity contribution in [3.05, 3.63) is 23.5 Å². The Bertz CT molecular complexity index is 326. The van der Waals surface area contributed by atoms with Crippen molar-refractivity contribution in [3.8, 4) is 5.75 Å². The number of thioether (sulfide) groups is 1. The minimum absolute atomic E-state index is 0.301. The number of halogens is 1. The average molecular weight is 216 g/mol. The van der Waals surface area contributed by atoms with Crippen molar-refractivity contribution in [2.75, 3.05) is 13.4 Å². The summed E-state index contributed by atoms with van der Waals surface area (Å²) in [6, 6.07) is 3.20. The van der Waals surface area contributed by atoms with Crippen LogP contribution in [0.2, 0.25) is 0 Å². The van der Waals surface area contributed by atoms with E-state index in [1.54, 1.807) is 18.4 Å². The first-order chi connectivity index (χ1) is 6.61. The van der Waals surface area contributed by atoms with Gasteiger partial charge in [-0.25, -0.2) is 4.39 Å². The van der Waals surface area contributed by atoms with Crippen molar-refractivity contribution in [3.63, 3.8) is 0 Å². The number of rotatable bonds is 3. The van der Waals surface area contributed by atoms with E-state index in [9.17, 15) is 9.50 Å². The number of aliphatic hydroxyl groups is 1. The molecule has 0 saturated heterocycles. The zero-order valence-corrected chi connectivity index (χ0v) is 9.19. The monoisotopic (exact) mass is 216 g/mol. The Morgan fingerprint density at radius 3 is 2.57 bits per heavy atom. The molecular formula is C10H13FO2S. The van der Waals surface area contributed by atoms with Crippen LogP contribution >= 0.6 is 11.8 Å². The van der Waals surface area contributed by atoms with Gasteiger partial charge in [-0.05, 0) is 25.3 Å². The SMILES string of the molecule is COc1ccc(C(C)O)c(F)c1SC. The van der Waals surface area contributed by atoms with Crippen LogP contribution in [0.4, 0.5) is 4.39 Å². The highest BCUT2D eigenvalue weighted by Gasteiger charge is 2.15. The Labute approximate surface area is 87.1 Å². The largest absolute Gasteiger partial charge is 0.495 e. The van der Waals surface area contributed by atoms with Crippen LogP contribution in [0.1, 0.15) is 18.6 Å². The number of ether oxygens (including phenoxy) is 1. The first-order valence-electron chi connectivity index (χ1n) is 4.20. The third-order valence-corrected chi connectivity index (χ3v) is 2.75. The molecule has 1 unspecified atom stereocenters. The van der Waals surface area contributed by atoms with Crippen LogP contribution in [0.25, 0.3) is 0 Å². The predicted octanol–water partition coefficient (Wildman–Crippen LogP) is 2.61.